The summed E-state index contributed by atoms with van der Waals surface area (Å²) in [5.41, 5.74) is 2.22. The van der Waals surface area contributed by atoms with Gasteiger partial charge >= 0.3 is 5.97 Å². The van der Waals surface area contributed by atoms with Crippen LogP contribution >= 0.6 is 0 Å². The lowest BCUT2D eigenvalue weighted by atomic mass is 10.1. The highest BCUT2D eigenvalue weighted by molar-refractivity contribution is 5.95. The number of benzene rings is 2. The molecule has 1 N–H and O–H groups in total. The third kappa shape index (κ3) is 5.53. The minimum absolute atomic E-state index is 0.0558. The Hall–Kier alpha value is -3.55. The highest BCUT2D eigenvalue weighted by Crippen LogP contribution is 2.26. The minimum Gasteiger partial charge on any atom is -0.453 e. The molecule has 0 spiro atoms. The molecule has 1 atom stereocenters. The van der Waals surface area contributed by atoms with Gasteiger partial charge in [0.05, 0.1) is 18.2 Å². The monoisotopic (exact) mass is 428 g/mol. The largest absolute Gasteiger partial charge is 0.453 e. The second-order valence-corrected chi connectivity index (χ2v) is 7.15. The van der Waals surface area contributed by atoms with Crippen molar-refractivity contribution in [1.29, 1.82) is 0 Å². The lowest BCUT2D eigenvalue weighted by Crippen LogP contribution is -2.30. The Morgan fingerprint density at radius 3 is 2.58 bits per heavy atom. The van der Waals surface area contributed by atoms with Gasteiger partial charge in [0.1, 0.15) is 11.6 Å². The van der Waals surface area contributed by atoms with Crippen LogP contribution in [0.1, 0.15) is 30.4 Å². The van der Waals surface area contributed by atoms with Crippen molar-refractivity contribution < 1.29 is 27.5 Å². The van der Waals surface area contributed by atoms with Crippen LogP contribution in [0.3, 0.4) is 0 Å². The fraction of sp³-hybridized carbons (Fsp3) is 0.261. The molecule has 1 amide bonds. The first-order valence-electron chi connectivity index (χ1n) is 9.71. The molecule has 8 heteroatoms. The number of nitrogens with one attached hydrogen (secondary N) is 1. The fourth-order valence-corrected chi connectivity index (χ4v) is 2.90. The molecule has 0 aliphatic rings. The van der Waals surface area contributed by atoms with E-state index in [2.05, 4.69) is 10.3 Å². The Balaban J connectivity index is 1.54. The van der Waals surface area contributed by atoms with Crippen molar-refractivity contribution in [2.24, 2.45) is 0 Å². The van der Waals surface area contributed by atoms with E-state index in [4.69, 9.17) is 9.15 Å². The molecule has 0 aliphatic carbocycles. The van der Waals surface area contributed by atoms with Crippen molar-refractivity contribution in [3.8, 4) is 11.3 Å². The van der Waals surface area contributed by atoms with Crippen molar-refractivity contribution in [2.45, 2.75) is 39.7 Å². The smallest absolute Gasteiger partial charge is 0.307 e. The number of hydrogen-bond donors (Lipinski definition) is 1. The summed E-state index contributed by atoms with van der Waals surface area (Å²) in [6, 6.07) is 9.13. The first-order chi connectivity index (χ1) is 14.7. The predicted molar refractivity (Wildman–Crippen MR) is 110 cm³/mol. The zero-order chi connectivity index (χ0) is 22.5. The third-order valence-corrected chi connectivity index (χ3v) is 4.63. The van der Waals surface area contributed by atoms with E-state index in [9.17, 15) is 18.4 Å². The summed E-state index contributed by atoms with van der Waals surface area (Å²) in [5, 5.41) is 2.74. The van der Waals surface area contributed by atoms with Gasteiger partial charge in [-0.15, -0.1) is 0 Å². The van der Waals surface area contributed by atoms with Gasteiger partial charge < -0.3 is 14.5 Å². The van der Waals surface area contributed by atoms with Crippen molar-refractivity contribution in [3.63, 3.8) is 0 Å². The van der Waals surface area contributed by atoms with Gasteiger partial charge in [-0.3, -0.25) is 9.59 Å². The number of nitrogens with zero attached hydrogens (tertiary/aromatic N) is 1. The van der Waals surface area contributed by atoms with Crippen molar-refractivity contribution >= 4 is 17.6 Å². The highest BCUT2D eigenvalue weighted by Gasteiger charge is 2.20. The molecule has 0 saturated heterocycles. The number of carbonyl (C=O) groups is 2. The lowest BCUT2D eigenvalue weighted by Gasteiger charge is -2.15. The minimum atomic E-state index is -1.000. The molecule has 1 heterocycles. The number of carbonyl (C=O) groups excluding carboxylic acids is 2. The lowest BCUT2D eigenvalue weighted by molar-refractivity contribution is -0.153. The van der Waals surface area contributed by atoms with Crippen LogP contribution < -0.4 is 5.32 Å². The van der Waals surface area contributed by atoms with E-state index >= 15 is 0 Å². The number of esters is 1. The summed E-state index contributed by atoms with van der Waals surface area (Å²) >= 11 is 0. The van der Waals surface area contributed by atoms with Gasteiger partial charge in [0.15, 0.2) is 17.8 Å². The Morgan fingerprint density at radius 1 is 1.16 bits per heavy atom. The molecule has 1 unspecified atom stereocenters. The standard InChI is InChI=1S/C23H22F2N2O4/c1-13-7-8-14(2)18(11-13)27-23(29)15(3)30-21(28)10-9-20-26-12-19(31-20)22-16(24)5-4-6-17(22)25/h4-8,11-12,15H,9-10H2,1-3H3,(H,27,29). The number of hydrogen-bond acceptors (Lipinski definition) is 5. The second kappa shape index (κ2) is 9.51. The van der Waals surface area contributed by atoms with Gasteiger partial charge in [-0.05, 0) is 50.1 Å². The summed E-state index contributed by atoms with van der Waals surface area (Å²) in [6.45, 7) is 5.25. The number of amides is 1. The third-order valence-electron chi connectivity index (χ3n) is 4.63. The molecule has 2 aromatic carbocycles. The van der Waals surface area contributed by atoms with Gasteiger partial charge in [-0.2, -0.15) is 0 Å². The maximum absolute atomic E-state index is 13.8. The van der Waals surface area contributed by atoms with Crippen LogP contribution in [0.15, 0.2) is 47.0 Å². The summed E-state index contributed by atoms with van der Waals surface area (Å²) < 4.78 is 38.2. The Kier molecular flexibility index (Phi) is 6.79. The summed E-state index contributed by atoms with van der Waals surface area (Å²) in [6.07, 6.45) is 0.142. The van der Waals surface area contributed by atoms with Crippen LogP contribution in [0.25, 0.3) is 11.3 Å². The van der Waals surface area contributed by atoms with Gasteiger partial charge in [0.2, 0.25) is 0 Å². The predicted octanol–water partition coefficient (Wildman–Crippen LogP) is 4.74. The second-order valence-electron chi connectivity index (χ2n) is 7.15. The number of ether oxygens (including phenoxy) is 1. The summed E-state index contributed by atoms with van der Waals surface area (Å²) in [5.74, 6) is -2.56. The summed E-state index contributed by atoms with van der Waals surface area (Å²) in [7, 11) is 0. The van der Waals surface area contributed by atoms with Crippen molar-refractivity contribution in [2.75, 3.05) is 5.32 Å². The molecule has 3 aromatic rings. The first-order valence-corrected chi connectivity index (χ1v) is 9.71. The van der Waals surface area contributed by atoms with E-state index in [0.29, 0.717) is 5.69 Å². The Bertz CT molecular complexity index is 1090. The van der Waals surface area contributed by atoms with E-state index in [1.807, 2.05) is 32.0 Å². The molecule has 3 rings (SSSR count). The molecular weight excluding hydrogens is 406 g/mol. The van der Waals surface area contributed by atoms with Crippen LogP contribution in [0.2, 0.25) is 0 Å². The molecule has 0 fully saturated rings. The molecule has 0 bridgehead atoms. The van der Waals surface area contributed by atoms with E-state index in [1.54, 1.807) is 0 Å². The van der Waals surface area contributed by atoms with E-state index in [1.165, 1.54) is 19.2 Å². The van der Waals surface area contributed by atoms with E-state index in [-0.39, 0.29) is 30.1 Å². The quantitative estimate of drug-likeness (QED) is 0.550. The van der Waals surface area contributed by atoms with Gasteiger partial charge in [-0.1, -0.05) is 18.2 Å². The molecule has 6 nitrogen and oxygen atoms in total. The SMILES string of the molecule is Cc1ccc(C)c(NC(=O)C(C)OC(=O)CCc2ncc(-c3c(F)cccc3F)o2)c1. The van der Waals surface area contributed by atoms with Crippen LogP contribution in [-0.4, -0.2) is 23.0 Å². The van der Waals surface area contributed by atoms with Crippen LogP contribution in [0, 0.1) is 25.5 Å². The number of aromatic nitrogens is 1. The average Bonchev–Trinajstić information content (AvgIpc) is 3.17. The molecule has 162 valence electrons. The van der Waals surface area contributed by atoms with Crippen LogP contribution in [0.4, 0.5) is 14.5 Å². The maximum Gasteiger partial charge on any atom is 0.307 e. The number of anilines is 1. The number of oxazole rings is 1. The molecule has 31 heavy (non-hydrogen) atoms. The van der Waals surface area contributed by atoms with Crippen molar-refractivity contribution in [1.82, 2.24) is 4.98 Å². The zero-order valence-electron chi connectivity index (χ0n) is 17.4. The summed E-state index contributed by atoms with van der Waals surface area (Å²) in [4.78, 5) is 28.4. The first kappa shape index (κ1) is 22.1. The van der Waals surface area contributed by atoms with E-state index < -0.39 is 29.6 Å². The normalized spacial score (nSPS) is 11.8. The topological polar surface area (TPSA) is 81.4 Å². The molecule has 0 aliphatic heterocycles. The highest BCUT2D eigenvalue weighted by atomic mass is 19.1. The zero-order valence-corrected chi connectivity index (χ0v) is 17.4. The Morgan fingerprint density at radius 2 is 1.87 bits per heavy atom. The van der Waals surface area contributed by atoms with Crippen molar-refractivity contribution in [3.05, 3.63) is 71.2 Å². The Labute approximate surface area is 178 Å². The number of rotatable bonds is 7. The molecule has 0 radical (unpaired) electrons. The molecule has 1 aromatic heterocycles. The number of aryl methyl sites for hydroxylation is 3. The fourth-order valence-electron chi connectivity index (χ4n) is 2.90. The average molecular weight is 428 g/mol. The maximum atomic E-state index is 13.8. The van der Waals surface area contributed by atoms with Gasteiger partial charge in [-0.25, -0.2) is 13.8 Å². The number of halogens is 2. The van der Waals surface area contributed by atoms with Gasteiger partial charge in [0.25, 0.3) is 5.91 Å². The van der Waals surface area contributed by atoms with Crippen LogP contribution in [0.5, 0.6) is 0 Å². The molecule has 0 saturated carbocycles. The van der Waals surface area contributed by atoms with E-state index in [0.717, 1.165) is 23.3 Å². The van der Waals surface area contributed by atoms with Gasteiger partial charge in [0, 0.05) is 12.1 Å². The van der Waals surface area contributed by atoms with Crippen LogP contribution in [-0.2, 0) is 20.7 Å². The molecular formula is C23H22F2N2O4.